The molecule has 0 fully saturated rings. The van der Waals surface area contributed by atoms with Gasteiger partial charge in [-0.05, 0) is 19.4 Å². The standard InChI is InChI=1S/C12H22N4O/c1-6-10-7-11(16(5)14-10)8-13-9(2)12(17)15(3)4/h7,9,13H,6,8H2,1-5H3. The summed E-state index contributed by atoms with van der Waals surface area (Å²) in [5.74, 6) is 0.0860. The number of nitrogens with one attached hydrogen (secondary N) is 1. The van der Waals surface area contributed by atoms with Crippen LogP contribution in [-0.2, 0) is 24.8 Å². The summed E-state index contributed by atoms with van der Waals surface area (Å²) in [5.41, 5.74) is 2.18. The first-order valence-corrected chi connectivity index (χ1v) is 5.92. The van der Waals surface area contributed by atoms with Crippen LogP contribution in [0.3, 0.4) is 0 Å². The molecule has 0 bridgehead atoms. The Morgan fingerprint density at radius 3 is 2.71 bits per heavy atom. The third-order valence-corrected chi connectivity index (χ3v) is 2.79. The number of aryl methyl sites for hydroxylation is 2. The smallest absolute Gasteiger partial charge is 0.238 e. The minimum atomic E-state index is -0.176. The highest BCUT2D eigenvalue weighted by atomic mass is 16.2. The zero-order valence-electron chi connectivity index (χ0n) is 11.3. The molecule has 0 aliphatic rings. The van der Waals surface area contributed by atoms with Crippen LogP contribution >= 0.6 is 0 Å². The van der Waals surface area contributed by atoms with Gasteiger partial charge >= 0.3 is 0 Å². The van der Waals surface area contributed by atoms with Gasteiger partial charge in [0.1, 0.15) is 0 Å². The van der Waals surface area contributed by atoms with Crippen molar-refractivity contribution in [1.29, 1.82) is 0 Å². The van der Waals surface area contributed by atoms with Gasteiger partial charge in [0.15, 0.2) is 0 Å². The first-order valence-electron chi connectivity index (χ1n) is 5.92. The third-order valence-electron chi connectivity index (χ3n) is 2.79. The second-order valence-electron chi connectivity index (χ2n) is 4.44. The van der Waals surface area contributed by atoms with Crippen molar-refractivity contribution < 1.29 is 4.79 Å². The minimum Gasteiger partial charge on any atom is -0.347 e. The van der Waals surface area contributed by atoms with Gasteiger partial charge in [0, 0.05) is 27.7 Å². The summed E-state index contributed by atoms with van der Waals surface area (Å²) in [4.78, 5) is 13.2. The Bertz CT molecular complexity index is 384. The lowest BCUT2D eigenvalue weighted by molar-refractivity contribution is -0.130. The van der Waals surface area contributed by atoms with Crippen molar-refractivity contribution in [2.24, 2.45) is 7.05 Å². The Kier molecular flexibility index (Phi) is 4.69. The van der Waals surface area contributed by atoms with Crippen LogP contribution in [0.4, 0.5) is 0 Å². The van der Waals surface area contributed by atoms with Crippen molar-refractivity contribution in [1.82, 2.24) is 20.0 Å². The fourth-order valence-corrected chi connectivity index (χ4v) is 1.64. The summed E-state index contributed by atoms with van der Waals surface area (Å²) in [6, 6.07) is 1.89. The quantitative estimate of drug-likeness (QED) is 0.815. The van der Waals surface area contributed by atoms with Gasteiger partial charge in [-0.3, -0.25) is 9.48 Å². The van der Waals surface area contributed by atoms with Crippen LogP contribution in [0.25, 0.3) is 0 Å². The largest absolute Gasteiger partial charge is 0.347 e. The van der Waals surface area contributed by atoms with E-state index in [1.54, 1.807) is 19.0 Å². The molecule has 17 heavy (non-hydrogen) atoms. The summed E-state index contributed by atoms with van der Waals surface area (Å²) < 4.78 is 1.86. The van der Waals surface area contributed by atoms with Crippen molar-refractivity contribution in [2.45, 2.75) is 32.9 Å². The Morgan fingerprint density at radius 1 is 1.59 bits per heavy atom. The van der Waals surface area contributed by atoms with Gasteiger partial charge in [-0.25, -0.2) is 0 Å². The SMILES string of the molecule is CCc1cc(CNC(C)C(=O)N(C)C)n(C)n1. The van der Waals surface area contributed by atoms with Gasteiger partial charge in [0.05, 0.1) is 17.4 Å². The highest BCUT2D eigenvalue weighted by Crippen LogP contribution is 2.04. The summed E-state index contributed by atoms with van der Waals surface area (Å²) in [6.07, 6.45) is 0.931. The second kappa shape index (κ2) is 5.82. The van der Waals surface area contributed by atoms with E-state index in [2.05, 4.69) is 23.4 Å². The molecule has 96 valence electrons. The van der Waals surface area contributed by atoms with E-state index < -0.39 is 0 Å². The molecule has 1 atom stereocenters. The highest BCUT2D eigenvalue weighted by Gasteiger charge is 2.14. The molecule has 1 N–H and O–H groups in total. The first-order chi connectivity index (χ1) is 7.95. The fourth-order valence-electron chi connectivity index (χ4n) is 1.64. The van der Waals surface area contributed by atoms with Gasteiger partial charge in [0.2, 0.25) is 5.91 Å². The number of rotatable bonds is 5. The maximum Gasteiger partial charge on any atom is 0.238 e. The Morgan fingerprint density at radius 2 is 2.24 bits per heavy atom. The Labute approximate surface area is 103 Å². The number of hydrogen-bond acceptors (Lipinski definition) is 3. The molecule has 5 heteroatoms. The topological polar surface area (TPSA) is 50.2 Å². The van der Waals surface area contributed by atoms with Crippen LogP contribution in [-0.4, -0.2) is 40.7 Å². The van der Waals surface area contributed by atoms with Crippen LogP contribution in [0.15, 0.2) is 6.07 Å². The summed E-state index contributed by atoms with van der Waals surface area (Å²) >= 11 is 0. The zero-order valence-corrected chi connectivity index (χ0v) is 11.3. The van der Waals surface area contributed by atoms with Gasteiger partial charge in [0.25, 0.3) is 0 Å². The number of aromatic nitrogens is 2. The molecular formula is C12H22N4O. The molecule has 0 aromatic carbocycles. The second-order valence-corrected chi connectivity index (χ2v) is 4.44. The molecule has 0 aliphatic heterocycles. The van der Waals surface area contributed by atoms with Crippen molar-refractivity contribution in [2.75, 3.05) is 14.1 Å². The molecule has 1 unspecified atom stereocenters. The number of likely N-dealkylation sites (N-methyl/N-ethyl adjacent to an activating group) is 1. The highest BCUT2D eigenvalue weighted by molar-refractivity contribution is 5.80. The predicted octanol–water partition coefficient (Wildman–Crippen LogP) is 0.549. The monoisotopic (exact) mass is 238 g/mol. The summed E-state index contributed by atoms with van der Waals surface area (Å²) in [5, 5.41) is 7.57. The molecular weight excluding hydrogens is 216 g/mol. The van der Waals surface area contributed by atoms with Crippen LogP contribution in [0.2, 0.25) is 0 Å². The van der Waals surface area contributed by atoms with E-state index in [0.29, 0.717) is 6.54 Å². The molecule has 1 heterocycles. The number of nitrogens with zero attached hydrogens (tertiary/aromatic N) is 3. The molecule has 1 aromatic heterocycles. The van der Waals surface area contributed by atoms with Gasteiger partial charge in [-0.1, -0.05) is 6.92 Å². The average molecular weight is 238 g/mol. The number of carbonyl (C=O) groups is 1. The number of hydrogen-bond donors (Lipinski definition) is 1. The number of amides is 1. The number of carbonyl (C=O) groups excluding carboxylic acids is 1. The molecule has 0 spiro atoms. The third kappa shape index (κ3) is 3.56. The molecule has 1 aromatic rings. The van der Waals surface area contributed by atoms with E-state index in [1.807, 2.05) is 18.7 Å². The van der Waals surface area contributed by atoms with Gasteiger partial charge in [-0.2, -0.15) is 5.10 Å². The van der Waals surface area contributed by atoms with Crippen LogP contribution in [0.5, 0.6) is 0 Å². The minimum absolute atomic E-state index is 0.0860. The Balaban J connectivity index is 2.55. The van der Waals surface area contributed by atoms with E-state index in [4.69, 9.17) is 0 Å². The van der Waals surface area contributed by atoms with E-state index in [9.17, 15) is 4.79 Å². The van der Waals surface area contributed by atoms with Crippen LogP contribution in [0.1, 0.15) is 25.2 Å². The lowest BCUT2D eigenvalue weighted by Gasteiger charge is -2.17. The normalized spacial score (nSPS) is 12.5. The molecule has 0 saturated carbocycles. The zero-order chi connectivity index (χ0) is 13.0. The maximum absolute atomic E-state index is 11.7. The molecule has 1 rings (SSSR count). The Hall–Kier alpha value is -1.36. The molecule has 0 saturated heterocycles. The van der Waals surface area contributed by atoms with Crippen molar-refractivity contribution in [3.8, 4) is 0 Å². The van der Waals surface area contributed by atoms with E-state index in [0.717, 1.165) is 17.8 Å². The lowest BCUT2D eigenvalue weighted by atomic mass is 10.2. The van der Waals surface area contributed by atoms with Crippen LogP contribution in [0, 0.1) is 0 Å². The lowest BCUT2D eigenvalue weighted by Crippen LogP contribution is -2.41. The molecule has 1 amide bonds. The van der Waals surface area contributed by atoms with Gasteiger partial charge < -0.3 is 10.2 Å². The first kappa shape index (κ1) is 13.7. The molecule has 5 nitrogen and oxygen atoms in total. The summed E-state index contributed by atoms with van der Waals surface area (Å²) in [7, 11) is 5.45. The molecule has 0 radical (unpaired) electrons. The van der Waals surface area contributed by atoms with Crippen molar-refractivity contribution in [3.05, 3.63) is 17.5 Å². The van der Waals surface area contributed by atoms with Gasteiger partial charge in [-0.15, -0.1) is 0 Å². The predicted molar refractivity (Wildman–Crippen MR) is 67.6 cm³/mol. The average Bonchev–Trinajstić information content (AvgIpc) is 2.65. The van der Waals surface area contributed by atoms with Crippen LogP contribution < -0.4 is 5.32 Å². The fraction of sp³-hybridized carbons (Fsp3) is 0.667. The van der Waals surface area contributed by atoms with E-state index in [1.165, 1.54) is 0 Å². The van der Waals surface area contributed by atoms with Crippen molar-refractivity contribution in [3.63, 3.8) is 0 Å². The van der Waals surface area contributed by atoms with E-state index in [-0.39, 0.29) is 11.9 Å². The molecule has 0 aliphatic carbocycles. The van der Waals surface area contributed by atoms with Crippen molar-refractivity contribution >= 4 is 5.91 Å². The maximum atomic E-state index is 11.7. The summed E-state index contributed by atoms with van der Waals surface area (Å²) in [6.45, 7) is 4.61. The van der Waals surface area contributed by atoms with E-state index >= 15 is 0 Å².